The van der Waals surface area contributed by atoms with E-state index >= 15 is 0 Å². The lowest BCUT2D eigenvalue weighted by atomic mass is 10.1. The lowest BCUT2D eigenvalue weighted by Gasteiger charge is -2.19. The summed E-state index contributed by atoms with van der Waals surface area (Å²) in [4.78, 5) is 10.9. The molecular formula is C20H25N5O4S. The van der Waals surface area contributed by atoms with Crippen molar-refractivity contribution in [3.05, 3.63) is 47.8 Å². The maximum Gasteiger partial charge on any atom is 0.296 e. The van der Waals surface area contributed by atoms with E-state index in [4.69, 9.17) is 14.6 Å². The van der Waals surface area contributed by atoms with Gasteiger partial charge in [0.1, 0.15) is 12.1 Å². The number of benzene rings is 2. The van der Waals surface area contributed by atoms with Gasteiger partial charge >= 0.3 is 0 Å². The number of anilines is 2. The van der Waals surface area contributed by atoms with Crippen molar-refractivity contribution in [3.63, 3.8) is 0 Å². The summed E-state index contributed by atoms with van der Waals surface area (Å²) in [6.45, 7) is 5.22. The van der Waals surface area contributed by atoms with Crippen LogP contribution in [0, 0.1) is 0 Å². The lowest BCUT2D eigenvalue weighted by Crippen LogP contribution is -2.21. The molecule has 2 heterocycles. The zero-order valence-electron chi connectivity index (χ0n) is 17.3. The van der Waals surface area contributed by atoms with Gasteiger partial charge in [0.25, 0.3) is 10.2 Å². The summed E-state index contributed by atoms with van der Waals surface area (Å²) in [5.41, 5.74) is 3.27. The molecule has 1 aliphatic rings. The van der Waals surface area contributed by atoms with Crippen molar-refractivity contribution in [3.8, 4) is 11.5 Å². The van der Waals surface area contributed by atoms with Crippen LogP contribution in [0.5, 0.6) is 11.5 Å². The minimum atomic E-state index is -3.81. The Kier molecular flexibility index (Phi) is 6.28. The van der Waals surface area contributed by atoms with E-state index < -0.39 is 10.2 Å². The van der Waals surface area contributed by atoms with Crippen LogP contribution in [0.2, 0.25) is 0 Å². The summed E-state index contributed by atoms with van der Waals surface area (Å²) in [6, 6.07) is 9.04. The largest absolute Gasteiger partial charge is 0.493 e. The van der Waals surface area contributed by atoms with Crippen LogP contribution in [-0.4, -0.2) is 32.6 Å². The van der Waals surface area contributed by atoms with E-state index in [0.717, 1.165) is 27.8 Å². The van der Waals surface area contributed by atoms with Gasteiger partial charge in [-0.15, -0.1) is 0 Å². The molecule has 0 bridgehead atoms. The quantitative estimate of drug-likeness (QED) is 0.637. The molecule has 160 valence electrons. The molecule has 0 radical (unpaired) electrons. The Labute approximate surface area is 176 Å². The first kappa shape index (κ1) is 21.6. The molecule has 3 aromatic rings. The predicted octanol–water partition coefficient (Wildman–Crippen LogP) is 2.81. The van der Waals surface area contributed by atoms with E-state index in [-0.39, 0.29) is 0 Å². The van der Waals surface area contributed by atoms with Gasteiger partial charge in [0, 0.05) is 24.5 Å². The highest BCUT2D eigenvalue weighted by Crippen LogP contribution is 2.37. The first-order valence-electron chi connectivity index (χ1n) is 9.42. The van der Waals surface area contributed by atoms with Gasteiger partial charge < -0.3 is 14.4 Å². The molecule has 0 amide bonds. The normalized spacial score (nSPS) is 12.8. The van der Waals surface area contributed by atoms with Crippen LogP contribution in [0.3, 0.4) is 0 Å². The van der Waals surface area contributed by atoms with E-state index in [0.29, 0.717) is 30.3 Å². The highest BCUT2D eigenvalue weighted by molar-refractivity contribution is 7.90. The first-order chi connectivity index (χ1) is 14.4. The first-order valence-corrected chi connectivity index (χ1v) is 11.0. The summed E-state index contributed by atoms with van der Waals surface area (Å²) in [7, 11) is -0.652. The third-order valence-corrected chi connectivity index (χ3v) is 5.13. The van der Waals surface area contributed by atoms with Crippen LogP contribution in [0.25, 0.3) is 10.9 Å². The fraction of sp³-hybridized carbons (Fsp3) is 0.300. The smallest absolute Gasteiger partial charge is 0.296 e. The summed E-state index contributed by atoms with van der Waals surface area (Å²) in [5.74, 6) is 1.97. The summed E-state index contributed by atoms with van der Waals surface area (Å²) in [5, 5.41) is 5.90. The number of aromatic nitrogens is 2. The molecule has 1 aromatic heterocycles. The fourth-order valence-electron chi connectivity index (χ4n) is 3.39. The van der Waals surface area contributed by atoms with Crippen LogP contribution in [0.1, 0.15) is 25.0 Å². The monoisotopic (exact) mass is 431 g/mol. The molecule has 0 spiro atoms. The molecule has 30 heavy (non-hydrogen) atoms. The van der Waals surface area contributed by atoms with Crippen LogP contribution in [-0.2, 0) is 23.3 Å². The second-order valence-electron chi connectivity index (χ2n) is 6.41. The Morgan fingerprint density at radius 3 is 2.33 bits per heavy atom. The van der Waals surface area contributed by atoms with Crippen LogP contribution in [0.15, 0.2) is 36.7 Å². The molecule has 4 rings (SSSR count). The average Bonchev–Trinajstić information content (AvgIpc) is 3.15. The van der Waals surface area contributed by atoms with Crippen molar-refractivity contribution >= 4 is 32.6 Å². The minimum absolute atomic E-state index is 0.432. The minimum Gasteiger partial charge on any atom is -0.493 e. The number of nitrogens with zero attached hydrogens (tertiary/aromatic N) is 3. The number of hydrogen-bond acceptors (Lipinski definition) is 7. The number of hydrogen-bond donors (Lipinski definition) is 2. The molecule has 10 heteroatoms. The van der Waals surface area contributed by atoms with Crippen molar-refractivity contribution in [2.45, 2.75) is 26.9 Å². The van der Waals surface area contributed by atoms with Gasteiger partial charge in [-0.2, -0.15) is 8.42 Å². The predicted molar refractivity (Wildman–Crippen MR) is 117 cm³/mol. The molecular weight excluding hydrogens is 406 g/mol. The Balaban J connectivity index is 0.00000124. The number of rotatable bonds is 5. The average molecular weight is 432 g/mol. The standard InChI is InChI=1S/C18H19N5O4S.C2H6/c1-26-16-6-14-15(7-17(16)27-2)20-10-21-18(14)23-8-11-3-4-13(5-12(11)9-23)22-28(19,24)25;1-2/h3-7,10,22H,8-9H2,1-2H3,(H2,19,24,25);1-2H3. The van der Waals surface area contributed by atoms with Gasteiger partial charge in [-0.25, -0.2) is 15.1 Å². The zero-order valence-corrected chi connectivity index (χ0v) is 18.2. The van der Waals surface area contributed by atoms with Crippen molar-refractivity contribution in [1.82, 2.24) is 9.97 Å². The molecule has 1 aliphatic heterocycles. The number of fused-ring (bicyclic) bond motifs is 2. The third kappa shape index (κ3) is 4.39. The SMILES string of the molecule is CC.COc1cc2ncnc(N3Cc4ccc(NS(N)(=O)=O)cc4C3)c2cc1OC. The maximum atomic E-state index is 11.3. The Morgan fingerprint density at radius 1 is 1.00 bits per heavy atom. The molecule has 0 atom stereocenters. The Hall–Kier alpha value is -3.11. The van der Waals surface area contributed by atoms with Gasteiger partial charge in [0.05, 0.1) is 25.4 Å². The second-order valence-corrected chi connectivity index (χ2v) is 7.70. The fourth-order valence-corrected chi connectivity index (χ4v) is 3.85. The Morgan fingerprint density at radius 2 is 1.67 bits per heavy atom. The van der Waals surface area contributed by atoms with E-state index in [1.165, 1.54) is 6.33 Å². The van der Waals surface area contributed by atoms with Crippen LogP contribution < -0.4 is 24.2 Å². The van der Waals surface area contributed by atoms with Gasteiger partial charge in [-0.3, -0.25) is 4.72 Å². The zero-order chi connectivity index (χ0) is 21.9. The highest BCUT2D eigenvalue weighted by atomic mass is 32.2. The topological polar surface area (TPSA) is 120 Å². The van der Waals surface area contributed by atoms with Gasteiger partial charge in [0.15, 0.2) is 11.5 Å². The van der Waals surface area contributed by atoms with Gasteiger partial charge in [0.2, 0.25) is 0 Å². The lowest BCUT2D eigenvalue weighted by molar-refractivity contribution is 0.356. The number of nitrogens with two attached hydrogens (primary N) is 1. The summed E-state index contributed by atoms with van der Waals surface area (Å²) in [6.07, 6.45) is 1.51. The summed E-state index contributed by atoms with van der Waals surface area (Å²) >= 11 is 0. The van der Waals surface area contributed by atoms with Crippen LogP contribution >= 0.6 is 0 Å². The molecule has 9 nitrogen and oxygen atoms in total. The van der Waals surface area contributed by atoms with Crippen LogP contribution in [0.4, 0.5) is 11.5 Å². The van der Waals surface area contributed by atoms with Crippen molar-refractivity contribution < 1.29 is 17.9 Å². The number of ether oxygens (including phenoxy) is 2. The number of methoxy groups -OCH3 is 2. The molecule has 0 unspecified atom stereocenters. The second kappa shape index (κ2) is 8.72. The van der Waals surface area contributed by atoms with E-state index in [1.54, 1.807) is 26.4 Å². The van der Waals surface area contributed by atoms with E-state index in [2.05, 4.69) is 19.6 Å². The van der Waals surface area contributed by atoms with E-state index in [9.17, 15) is 8.42 Å². The van der Waals surface area contributed by atoms with Crippen molar-refractivity contribution in [2.24, 2.45) is 5.14 Å². The molecule has 0 saturated heterocycles. The van der Waals surface area contributed by atoms with Crippen molar-refractivity contribution in [2.75, 3.05) is 23.8 Å². The number of nitrogens with one attached hydrogen (secondary N) is 1. The molecule has 0 saturated carbocycles. The van der Waals surface area contributed by atoms with Gasteiger partial charge in [-0.1, -0.05) is 19.9 Å². The molecule has 0 fully saturated rings. The third-order valence-electron chi connectivity index (χ3n) is 4.61. The molecule has 3 N–H and O–H groups in total. The highest BCUT2D eigenvalue weighted by Gasteiger charge is 2.23. The summed E-state index contributed by atoms with van der Waals surface area (Å²) < 4.78 is 35.6. The van der Waals surface area contributed by atoms with Crippen molar-refractivity contribution in [1.29, 1.82) is 0 Å². The maximum absolute atomic E-state index is 11.3. The molecule has 0 aliphatic carbocycles. The van der Waals surface area contributed by atoms with E-state index in [1.807, 2.05) is 32.0 Å². The Bertz CT molecular complexity index is 1170. The molecule has 2 aromatic carbocycles. The van der Waals surface area contributed by atoms with Gasteiger partial charge in [-0.05, 0) is 29.3 Å².